The van der Waals surface area contributed by atoms with Crippen LogP contribution in [0.1, 0.15) is 129 Å². The quantitative estimate of drug-likeness (QED) is 0.168. The summed E-state index contributed by atoms with van der Waals surface area (Å²) in [7, 11) is 7.10. The topological polar surface area (TPSA) is 71.1 Å². The summed E-state index contributed by atoms with van der Waals surface area (Å²) in [5.41, 5.74) is 7.47. The molecule has 0 saturated heterocycles. The number of ether oxygens (including phenoxy) is 4. The van der Waals surface area contributed by atoms with Gasteiger partial charge in [-0.1, -0.05) is 42.7 Å². The lowest BCUT2D eigenvalue weighted by Gasteiger charge is -2.51. The Balaban J connectivity index is 0.000000142. The van der Waals surface area contributed by atoms with E-state index in [0.29, 0.717) is 35.2 Å². The summed E-state index contributed by atoms with van der Waals surface area (Å²) >= 11 is 0. The predicted octanol–water partition coefficient (Wildman–Crippen LogP) is 9.08. The molecule has 0 N–H and O–H groups in total. The van der Waals surface area contributed by atoms with E-state index >= 15 is 0 Å². The first-order chi connectivity index (χ1) is 23.4. The molecular formula is C43H62O6. The Labute approximate surface area is 295 Å². The summed E-state index contributed by atoms with van der Waals surface area (Å²) in [6.45, 7) is 8.59. The predicted molar refractivity (Wildman–Crippen MR) is 189 cm³/mol. The van der Waals surface area contributed by atoms with Crippen LogP contribution in [-0.2, 0) is 28.5 Å². The van der Waals surface area contributed by atoms with E-state index < -0.39 is 11.6 Å². The van der Waals surface area contributed by atoms with Crippen molar-refractivity contribution in [3.05, 3.63) is 34.4 Å². The summed E-state index contributed by atoms with van der Waals surface area (Å²) in [4.78, 5) is 25.8. The van der Waals surface area contributed by atoms with Gasteiger partial charge in [-0.3, -0.25) is 9.59 Å². The van der Waals surface area contributed by atoms with E-state index in [0.717, 1.165) is 81.6 Å². The van der Waals surface area contributed by atoms with Crippen LogP contribution in [0.5, 0.6) is 0 Å². The molecule has 0 bridgehead atoms. The van der Waals surface area contributed by atoms with E-state index in [1.54, 1.807) is 50.7 Å². The van der Waals surface area contributed by atoms with Gasteiger partial charge in [0.15, 0.2) is 17.4 Å². The molecule has 49 heavy (non-hydrogen) atoms. The molecule has 6 unspecified atom stereocenters. The van der Waals surface area contributed by atoms with Crippen molar-refractivity contribution in [1.29, 1.82) is 0 Å². The maximum absolute atomic E-state index is 13.1. The maximum Gasteiger partial charge on any atom is 0.171 e. The molecule has 270 valence electrons. The highest BCUT2D eigenvalue weighted by molar-refractivity contribution is 6.02. The van der Waals surface area contributed by atoms with Gasteiger partial charge < -0.3 is 18.9 Å². The Morgan fingerprint density at radius 2 is 1.10 bits per heavy atom. The van der Waals surface area contributed by atoms with E-state index in [2.05, 4.69) is 20.4 Å². The minimum absolute atomic E-state index is 0.00673. The average molecular weight is 675 g/mol. The normalized spacial score (nSPS) is 42.4. The Bertz CT molecular complexity index is 1470. The number of fused-ring (bicyclic) bond motifs is 8. The maximum atomic E-state index is 13.1. The fourth-order valence-electron chi connectivity index (χ4n) is 13.7. The van der Waals surface area contributed by atoms with Crippen LogP contribution >= 0.6 is 0 Å². The van der Waals surface area contributed by atoms with E-state index in [1.807, 2.05) is 0 Å². The number of ketones is 2. The van der Waals surface area contributed by atoms with Gasteiger partial charge in [-0.2, -0.15) is 0 Å². The first kappa shape index (κ1) is 34.5. The molecule has 5 saturated carbocycles. The van der Waals surface area contributed by atoms with Crippen LogP contribution in [-0.4, -0.2) is 51.6 Å². The Morgan fingerprint density at radius 1 is 0.612 bits per heavy atom. The molecule has 6 nitrogen and oxygen atoms in total. The van der Waals surface area contributed by atoms with Crippen LogP contribution in [0, 0.1) is 51.8 Å². The monoisotopic (exact) mass is 674 g/mol. The first-order valence-corrected chi connectivity index (χ1v) is 19.8. The van der Waals surface area contributed by atoms with Gasteiger partial charge in [0.1, 0.15) is 5.78 Å². The van der Waals surface area contributed by atoms with E-state index in [4.69, 9.17) is 18.9 Å². The van der Waals surface area contributed by atoms with Gasteiger partial charge in [-0.25, -0.2) is 0 Å². The summed E-state index contributed by atoms with van der Waals surface area (Å²) in [6, 6.07) is 0. The van der Waals surface area contributed by atoms with E-state index in [-0.39, 0.29) is 16.2 Å². The minimum atomic E-state index is -0.410. The molecule has 0 heterocycles. The number of allylic oxidation sites excluding steroid dienone is 3. The molecule has 6 heteroatoms. The zero-order chi connectivity index (χ0) is 34.6. The highest BCUT2D eigenvalue weighted by atomic mass is 16.7. The fraction of sp³-hybridized carbons (Fsp3) is 0.814. The summed E-state index contributed by atoms with van der Waals surface area (Å²) < 4.78 is 22.9. The summed E-state index contributed by atoms with van der Waals surface area (Å²) in [5, 5.41) is 0. The lowest BCUT2D eigenvalue weighted by molar-refractivity contribution is -0.213. The van der Waals surface area contributed by atoms with Gasteiger partial charge in [0.25, 0.3) is 0 Å². The number of hydrogen-bond donors (Lipinski definition) is 0. The molecule has 0 aromatic rings. The molecule has 1 spiro atoms. The zero-order valence-electron chi connectivity index (χ0n) is 31.3. The van der Waals surface area contributed by atoms with E-state index in [9.17, 15) is 9.59 Å². The lowest BCUT2D eigenvalue weighted by Crippen LogP contribution is -2.46. The third-order valence-electron chi connectivity index (χ3n) is 16.8. The molecule has 5 fully saturated rings. The minimum Gasteiger partial charge on any atom is -0.353 e. The van der Waals surface area contributed by atoms with Crippen LogP contribution in [0.4, 0.5) is 0 Å². The first-order valence-electron chi connectivity index (χ1n) is 19.8. The van der Waals surface area contributed by atoms with Gasteiger partial charge in [-0.15, -0.1) is 0 Å². The van der Waals surface area contributed by atoms with Crippen molar-refractivity contribution in [2.75, 3.05) is 28.4 Å². The number of methoxy groups -OCH3 is 4. The number of Topliss-reactive ketones (excluding diaryl/α,β-unsaturated/α-hetero) is 2. The summed E-state index contributed by atoms with van der Waals surface area (Å²) in [5.74, 6) is 4.18. The smallest absolute Gasteiger partial charge is 0.171 e. The molecule has 9 aliphatic carbocycles. The molecule has 0 aromatic heterocycles. The summed E-state index contributed by atoms with van der Waals surface area (Å²) in [6.07, 6.45) is 19.9. The molecule has 0 aliphatic heterocycles. The third-order valence-corrected chi connectivity index (χ3v) is 16.8. The molecule has 9 rings (SSSR count). The molecular weight excluding hydrogens is 612 g/mol. The Hall–Kier alpha value is -1.60. The Morgan fingerprint density at radius 3 is 1.59 bits per heavy atom. The highest BCUT2D eigenvalue weighted by Gasteiger charge is 2.68. The van der Waals surface area contributed by atoms with Crippen molar-refractivity contribution in [1.82, 2.24) is 0 Å². The van der Waals surface area contributed by atoms with Crippen LogP contribution in [0.15, 0.2) is 34.4 Å². The Kier molecular flexibility index (Phi) is 8.42. The van der Waals surface area contributed by atoms with Gasteiger partial charge in [0, 0.05) is 70.4 Å². The number of carbonyl (C=O) groups is 2. The molecule has 0 amide bonds. The lowest BCUT2D eigenvalue weighted by atomic mass is 9.54. The second-order valence-electron chi connectivity index (χ2n) is 18.4. The van der Waals surface area contributed by atoms with E-state index in [1.165, 1.54) is 51.4 Å². The largest absolute Gasteiger partial charge is 0.353 e. The third kappa shape index (κ3) is 5.06. The van der Waals surface area contributed by atoms with Crippen LogP contribution in [0.3, 0.4) is 0 Å². The van der Waals surface area contributed by atoms with Crippen molar-refractivity contribution in [2.45, 2.75) is 141 Å². The molecule has 0 aromatic carbocycles. The molecule has 8 atom stereocenters. The van der Waals surface area contributed by atoms with Crippen molar-refractivity contribution in [2.24, 2.45) is 51.8 Å². The zero-order valence-corrected chi connectivity index (χ0v) is 31.3. The average Bonchev–Trinajstić information content (AvgIpc) is 3.83. The molecule has 9 aliphatic rings. The van der Waals surface area contributed by atoms with Gasteiger partial charge in [-0.05, 0) is 131 Å². The van der Waals surface area contributed by atoms with Crippen LogP contribution < -0.4 is 0 Å². The number of hydrogen-bond acceptors (Lipinski definition) is 6. The number of carbonyl (C=O) groups excluding carboxylic acids is 2. The van der Waals surface area contributed by atoms with Crippen molar-refractivity contribution in [3.8, 4) is 0 Å². The fourth-order valence-corrected chi connectivity index (χ4v) is 13.7. The standard InChI is InChI=1S/C22H32O3.C21H30O3/c1-20-8-6-16-15-7-9-22(24-2,25-3)12-14(15)4-5-17(16)18(20)13-21(10-11-21)19(20)23;1-13-11-18-17-6-5-14-12-21(23-3,24-4)10-8-15(14)16(17)7-9-20(18,2)19(13)22/h16-18H,4-13H2,1-3H3;16-18H,1,5-12H2,2-4H3/t2*16?,17?,18?,20-/m00/s1. The van der Waals surface area contributed by atoms with Gasteiger partial charge >= 0.3 is 0 Å². The molecule has 0 radical (unpaired) electrons. The van der Waals surface area contributed by atoms with Crippen LogP contribution in [0.2, 0.25) is 0 Å². The number of rotatable bonds is 4. The second kappa shape index (κ2) is 12.0. The highest BCUT2D eigenvalue weighted by Crippen LogP contribution is 2.70. The van der Waals surface area contributed by atoms with Gasteiger partial charge in [0.2, 0.25) is 0 Å². The SMILES string of the molecule is C=C1CC2C3CCC4=C(CCC(OC)(OC)C4)C3CC[C@]2(C)C1=O.COC1(OC)CCC2=C(CCC3C2CC[C@]2(C)C(=O)C4(CC4)CC32)C1. The van der Waals surface area contributed by atoms with Crippen LogP contribution in [0.25, 0.3) is 0 Å². The van der Waals surface area contributed by atoms with Gasteiger partial charge in [0.05, 0.1) is 0 Å². The van der Waals surface area contributed by atoms with Crippen molar-refractivity contribution >= 4 is 11.6 Å². The van der Waals surface area contributed by atoms with Crippen molar-refractivity contribution < 1.29 is 28.5 Å². The second-order valence-corrected chi connectivity index (χ2v) is 18.4. The van der Waals surface area contributed by atoms with Crippen molar-refractivity contribution in [3.63, 3.8) is 0 Å².